The van der Waals surface area contributed by atoms with Gasteiger partial charge in [0.2, 0.25) is 5.88 Å². The molecule has 2 heterocycles. The lowest BCUT2D eigenvalue weighted by molar-refractivity contribution is 0.100. The third kappa shape index (κ3) is 19.9. The van der Waals surface area contributed by atoms with Gasteiger partial charge in [-0.1, -0.05) is 11.6 Å². The standard InChI is InChI=1S/C50H52ClN11O16S6.O3S/c1-27-18-37(58-61-46-30(4)45(48(52)64)49-53-47-40(62(49)50(46)65)21-31(26-63)22-44(47)84(75,76)77)41(78-12-5-15-81(66,67)68)23-34(27)56-59-38-20-29(3)36(25-43(38)80-14-7-17-83(72,73)74)57-60-39-19-28(2)35(55-54-33-10-8-32(51)9-11-33)24-42(39)79-13-6-16-82(69,70)71;1-4(2)3/h8-11,18-25,63,65H,5-7,12-17,26H2,1-4H3,(H2,52,64)(H,66,67,68)(H,69,70,71)(H,72,73,74)(H,75,76,77);. The van der Waals surface area contributed by atoms with Crippen molar-refractivity contribution in [3.05, 3.63) is 111 Å². The van der Waals surface area contributed by atoms with Crippen molar-refractivity contribution in [3.8, 4) is 11.6 Å². The number of hydrogen-bond donors (Lipinski definition) is 7. The van der Waals surface area contributed by atoms with Crippen LogP contribution in [0.25, 0.3) is 16.7 Å². The van der Waals surface area contributed by atoms with Crippen molar-refractivity contribution in [3.63, 3.8) is 0 Å². The summed E-state index contributed by atoms with van der Waals surface area (Å²) < 4.78 is 165. The number of carbonyl (C=O) groups is 1. The Kier molecular flexibility index (Phi) is 23.7. The zero-order valence-electron chi connectivity index (χ0n) is 46.3. The van der Waals surface area contributed by atoms with Gasteiger partial charge in [-0.3, -0.25) is 27.4 Å². The maximum Gasteiger partial charge on any atom is 0.425 e. The Bertz CT molecular complexity index is 4570. The third-order valence-corrected chi connectivity index (χ3v) is 17.8. The Labute approximate surface area is 517 Å². The van der Waals surface area contributed by atoms with E-state index >= 15 is 0 Å². The minimum absolute atomic E-state index is 0.0178. The molecule has 0 aliphatic carbocycles. The van der Waals surface area contributed by atoms with E-state index in [1.807, 2.05) is 0 Å². The van der Waals surface area contributed by atoms with E-state index in [2.05, 4.69) is 45.9 Å². The molecule has 0 saturated carbocycles. The Hall–Kier alpha value is -7.27. The molecular weight excluding hydrogens is 1320 g/mol. The molecule has 1 amide bonds. The molecule has 7 aromatic rings. The monoisotopic (exact) mass is 1370 g/mol. The van der Waals surface area contributed by atoms with Gasteiger partial charge in [0, 0.05) is 20.9 Å². The molecule has 38 heteroatoms. The average molecular weight is 1370 g/mol. The van der Waals surface area contributed by atoms with Crippen LogP contribution in [0, 0.1) is 27.7 Å². The number of ether oxygens (including phenoxy) is 1. The molecule has 0 radical (unpaired) electrons. The number of imidazole rings is 1. The van der Waals surface area contributed by atoms with Crippen LogP contribution < -0.4 is 10.5 Å². The molecule has 0 atom stereocenters. The topological polar surface area (TPSA) is 478 Å². The fraction of sp³-hybridized carbons (Fsp3) is 0.280. The van der Waals surface area contributed by atoms with Crippen LogP contribution in [-0.4, -0.2) is 125 Å². The zero-order chi connectivity index (χ0) is 65.1. The van der Waals surface area contributed by atoms with Crippen LogP contribution in [0.2, 0.25) is 5.02 Å². The van der Waals surface area contributed by atoms with Gasteiger partial charge in [-0.15, -0.1) is 56.6 Å². The quantitative estimate of drug-likeness (QED) is 0.0115. The van der Waals surface area contributed by atoms with Gasteiger partial charge in [0.1, 0.15) is 27.5 Å². The summed E-state index contributed by atoms with van der Waals surface area (Å²) in [5.74, 6) is -3.11. The van der Waals surface area contributed by atoms with Crippen LogP contribution in [0.4, 0.5) is 45.5 Å². The number of thioether (sulfide) groups is 2. The first-order valence-electron chi connectivity index (χ1n) is 25.1. The number of benzene rings is 5. The molecule has 0 bridgehead atoms. The van der Waals surface area contributed by atoms with Crippen molar-refractivity contribution >= 4 is 154 Å². The van der Waals surface area contributed by atoms with Gasteiger partial charge >= 0.3 is 10.6 Å². The largest absolute Gasteiger partial charge is 0.493 e. The van der Waals surface area contributed by atoms with Crippen LogP contribution in [0.1, 0.15) is 57.4 Å². The van der Waals surface area contributed by atoms with Crippen LogP contribution in [-0.2, 0) is 57.7 Å². The number of azo groups is 4. The second-order valence-electron chi connectivity index (χ2n) is 18.7. The fourth-order valence-electron chi connectivity index (χ4n) is 7.95. The summed E-state index contributed by atoms with van der Waals surface area (Å²) >= 11 is 8.46. The Morgan fingerprint density at radius 1 is 0.636 bits per heavy atom. The number of aromatic hydroxyl groups is 1. The first-order valence-corrected chi connectivity index (χ1v) is 34.7. The van der Waals surface area contributed by atoms with Gasteiger partial charge in [-0.05, 0) is 153 Å². The molecule has 7 rings (SSSR count). The highest BCUT2D eigenvalue weighted by molar-refractivity contribution is 7.99. The number of nitrogens with zero attached hydrogens (tertiary/aromatic N) is 10. The molecular formula is C50H52ClN11O19S7. The van der Waals surface area contributed by atoms with Crippen LogP contribution in [0.3, 0.4) is 0 Å². The Balaban J connectivity index is 0.00000299. The molecule has 0 aliphatic rings. The van der Waals surface area contributed by atoms with Gasteiger partial charge in [0.05, 0.1) is 75.7 Å². The zero-order valence-corrected chi connectivity index (χ0v) is 52.7. The maximum absolute atomic E-state index is 13.0. The van der Waals surface area contributed by atoms with Gasteiger partial charge in [-0.25, -0.2) is 4.98 Å². The van der Waals surface area contributed by atoms with Gasteiger partial charge in [-0.2, -0.15) is 54.1 Å². The average Bonchev–Trinajstić information content (AvgIpc) is 1.99. The summed E-state index contributed by atoms with van der Waals surface area (Å²) in [5, 5.41) is 57.7. The number of rotatable bonds is 26. The van der Waals surface area contributed by atoms with Crippen LogP contribution in [0.5, 0.6) is 11.6 Å². The molecule has 30 nitrogen and oxygen atoms in total. The summed E-state index contributed by atoms with van der Waals surface area (Å²) in [5.41, 5.74) is 7.90. The Morgan fingerprint density at radius 2 is 1.09 bits per heavy atom. The number of pyridine rings is 1. The number of aliphatic hydroxyl groups is 1. The molecule has 2 aromatic heterocycles. The number of fused-ring (bicyclic) bond motifs is 3. The smallest absolute Gasteiger partial charge is 0.425 e. The maximum atomic E-state index is 13.0. The van der Waals surface area contributed by atoms with E-state index in [1.165, 1.54) is 48.6 Å². The second-order valence-corrected chi connectivity index (χ2v) is 27.9. The van der Waals surface area contributed by atoms with E-state index in [0.29, 0.717) is 54.3 Å². The fourth-order valence-corrected chi connectivity index (χ4v) is 12.5. The lowest BCUT2D eigenvalue weighted by Gasteiger charge is -2.13. The molecule has 88 heavy (non-hydrogen) atoms. The molecule has 5 aromatic carbocycles. The highest BCUT2D eigenvalue weighted by atomic mass is 35.5. The van der Waals surface area contributed by atoms with E-state index in [1.54, 1.807) is 69.3 Å². The van der Waals surface area contributed by atoms with Crippen LogP contribution in [0.15, 0.2) is 128 Å². The molecule has 8 N–H and O–H groups in total. The van der Waals surface area contributed by atoms with Gasteiger partial charge in [0.25, 0.3) is 46.4 Å². The van der Waals surface area contributed by atoms with Crippen LogP contribution >= 0.6 is 35.1 Å². The number of aryl methyl sites for hydroxylation is 3. The number of primary amides is 1. The minimum Gasteiger partial charge on any atom is -0.493 e. The number of amides is 1. The van der Waals surface area contributed by atoms with Gasteiger partial charge in [0.15, 0.2) is 5.65 Å². The first kappa shape index (κ1) is 69.8. The second kappa shape index (κ2) is 29.8. The third-order valence-electron chi connectivity index (χ3n) is 12.0. The van der Waals surface area contributed by atoms with E-state index in [9.17, 15) is 66.9 Å². The highest BCUT2D eigenvalue weighted by Gasteiger charge is 2.28. The molecule has 470 valence electrons. The number of aromatic nitrogens is 2. The highest BCUT2D eigenvalue weighted by Crippen LogP contribution is 2.44. The van der Waals surface area contributed by atoms with Crippen molar-refractivity contribution < 1.29 is 84.3 Å². The summed E-state index contributed by atoms with van der Waals surface area (Å²) in [6.45, 7) is 5.48. The molecule has 0 fully saturated rings. The summed E-state index contributed by atoms with van der Waals surface area (Å²) in [4.78, 5) is 17.5. The molecule has 0 aliphatic heterocycles. The van der Waals surface area contributed by atoms with E-state index in [-0.39, 0.29) is 99.2 Å². The number of hydrogen-bond acceptors (Lipinski definition) is 26. The molecule has 0 spiro atoms. The van der Waals surface area contributed by atoms with Crippen molar-refractivity contribution in [2.24, 2.45) is 46.6 Å². The lowest BCUT2D eigenvalue weighted by atomic mass is 10.1. The summed E-state index contributed by atoms with van der Waals surface area (Å²) in [6, 6.07) is 18.5. The summed E-state index contributed by atoms with van der Waals surface area (Å²) in [7, 11) is -21.0. The minimum atomic E-state index is -4.98. The predicted molar refractivity (Wildman–Crippen MR) is 325 cm³/mol. The van der Waals surface area contributed by atoms with Gasteiger partial charge < -0.3 is 20.7 Å². The Morgan fingerprint density at radius 3 is 1.57 bits per heavy atom. The van der Waals surface area contributed by atoms with Crippen molar-refractivity contribution in [1.29, 1.82) is 0 Å². The summed E-state index contributed by atoms with van der Waals surface area (Å²) in [6.07, 6.45) is -0.0572. The molecule has 0 saturated heterocycles. The number of halogens is 1. The van der Waals surface area contributed by atoms with Crippen molar-refractivity contribution in [2.75, 3.05) is 35.4 Å². The van der Waals surface area contributed by atoms with Crippen molar-refractivity contribution in [2.45, 2.75) is 68.3 Å². The van der Waals surface area contributed by atoms with E-state index < -0.39 is 91.6 Å². The first-order chi connectivity index (χ1) is 41.1. The number of nitrogens with two attached hydrogens (primary N) is 1. The lowest BCUT2D eigenvalue weighted by Crippen LogP contribution is -2.15. The molecule has 0 unspecified atom stereocenters. The number of aliphatic hydroxyl groups excluding tert-OH is 1. The van der Waals surface area contributed by atoms with E-state index in [4.69, 9.17) is 34.7 Å². The normalized spacial score (nSPS) is 12.5. The predicted octanol–water partition coefficient (Wildman–Crippen LogP) is 11.0. The SMILES string of the molecule is Cc1cc(N=Nc2cc(SCCCS(=O)(=O)O)c(N=Nc3cc(OCCCS(=O)(=O)O)c(N=Nc4c(C)c(C(N)=O)c5nc6c(S(=O)(=O)O)cc(CO)cc6n5c4O)cc3C)cc2C)c(SCCCS(=O)(=O)O)cc1N=Nc1ccc(Cl)cc1.O=S(=O)=O. The number of carbonyl (C=O) groups excluding carboxylic acids is 1. The van der Waals surface area contributed by atoms with Crippen molar-refractivity contribution in [1.82, 2.24) is 9.38 Å². The van der Waals surface area contributed by atoms with E-state index in [0.717, 1.165) is 10.5 Å².